The summed E-state index contributed by atoms with van der Waals surface area (Å²) in [6, 6.07) is 16.7. The van der Waals surface area contributed by atoms with Crippen molar-refractivity contribution in [2.45, 2.75) is 18.2 Å². The summed E-state index contributed by atoms with van der Waals surface area (Å²) in [4.78, 5) is 4.94. The van der Waals surface area contributed by atoms with Gasteiger partial charge in [0.15, 0.2) is 0 Å². The molecule has 3 aliphatic heterocycles. The summed E-state index contributed by atoms with van der Waals surface area (Å²) < 4.78 is 5.56. The molecule has 3 aliphatic rings. The van der Waals surface area contributed by atoms with Crippen LogP contribution >= 0.6 is 23.2 Å². The van der Waals surface area contributed by atoms with Crippen molar-refractivity contribution < 1.29 is 4.74 Å². The number of fused-ring (bicyclic) bond motifs is 1. The SMILES string of the molecule is Clc1ccc(C2NC3C=CC(c4ccccc4)=CN3C2CN2CCOCC2)c(Cl)c1. The van der Waals surface area contributed by atoms with E-state index < -0.39 is 0 Å². The van der Waals surface area contributed by atoms with Crippen molar-refractivity contribution >= 4 is 28.8 Å². The van der Waals surface area contributed by atoms with Crippen molar-refractivity contribution in [3.8, 4) is 0 Å². The molecule has 2 saturated heterocycles. The molecule has 0 aromatic heterocycles. The number of benzene rings is 2. The lowest BCUT2D eigenvalue weighted by molar-refractivity contribution is 0.0278. The first-order valence-electron chi connectivity index (χ1n) is 10.4. The highest BCUT2D eigenvalue weighted by molar-refractivity contribution is 6.35. The Morgan fingerprint density at radius 3 is 2.60 bits per heavy atom. The third kappa shape index (κ3) is 4.03. The van der Waals surface area contributed by atoms with E-state index in [1.165, 1.54) is 11.1 Å². The van der Waals surface area contributed by atoms with Crippen molar-refractivity contribution in [2.24, 2.45) is 0 Å². The Hall–Kier alpha value is -1.82. The van der Waals surface area contributed by atoms with Crippen molar-refractivity contribution in [3.05, 3.63) is 88.1 Å². The van der Waals surface area contributed by atoms with Crippen LogP contribution < -0.4 is 5.32 Å². The summed E-state index contributed by atoms with van der Waals surface area (Å²) in [6.07, 6.45) is 6.89. The molecule has 0 radical (unpaired) electrons. The average molecular weight is 442 g/mol. The summed E-state index contributed by atoms with van der Waals surface area (Å²) in [5.41, 5.74) is 3.55. The number of morpholine rings is 1. The van der Waals surface area contributed by atoms with Crippen LogP contribution in [0.3, 0.4) is 0 Å². The molecule has 3 heterocycles. The second-order valence-corrected chi connectivity index (χ2v) is 8.84. The van der Waals surface area contributed by atoms with Crippen LogP contribution in [0.25, 0.3) is 5.57 Å². The Morgan fingerprint density at radius 1 is 1.03 bits per heavy atom. The Kier molecular flexibility index (Phi) is 5.85. The van der Waals surface area contributed by atoms with Gasteiger partial charge in [0.1, 0.15) is 0 Å². The Labute approximate surface area is 187 Å². The number of halogens is 2. The molecule has 2 aromatic carbocycles. The maximum atomic E-state index is 6.63. The van der Waals surface area contributed by atoms with E-state index in [1.807, 2.05) is 12.1 Å². The van der Waals surface area contributed by atoms with E-state index in [4.69, 9.17) is 27.9 Å². The standard InChI is InChI=1S/C24H25Cl2N3O/c25-19-7-8-20(21(26)14-19)24-22(16-28-10-12-30-13-11-28)29-15-18(6-9-23(29)27-24)17-4-2-1-3-5-17/h1-9,14-15,22-24,27H,10-13,16H2. The van der Waals surface area contributed by atoms with Gasteiger partial charge in [0, 0.05) is 35.9 Å². The molecule has 3 atom stereocenters. The molecule has 156 valence electrons. The number of hydrogen-bond donors (Lipinski definition) is 1. The van der Waals surface area contributed by atoms with Crippen LogP contribution in [0.1, 0.15) is 17.2 Å². The van der Waals surface area contributed by atoms with E-state index in [-0.39, 0.29) is 18.2 Å². The summed E-state index contributed by atoms with van der Waals surface area (Å²) in [5.74, 6) is 0. The molecule has 0 amide bonds. The third-order valence-electron chi connectivity index (χ3n) is 6.14. The molecule has 30 heavy (non-hydrogen) atoms. The molecule has 4 nitrogen and oxygen atoms in total. The van der Waals surface area contributed by atoms with Crippen LogP contribution in [0, 0.1) is 0 Å². The van der Waals surface area contributed by atoms with Crippen molar-refractivity contribution in [1.82, 2.24) is 15.1 Å². The number of rotatable bonds is 4. The summed E-state index contributed by atoms with van der Waals surface area (Å²) in [6.45, 7) is 4.45. The summed E-state index contributed by atoms with van der Waals surface area (Å²) in [7, 11) is 0. The highest BCUT2D eigenvalue weighted by Gasteiger charge is 2.41. The number of ether oxygens (including phenoxy) is 1. The summed E-state index contributed by atoms with van der Waals surface area (Å²) in [5, 5.41) is 5.16. The first kappa shape index (κ1) is 20.1. The average Bonchev–Trinajstić information content (AvgIpc) is 3.12. The van der Waals surface area contributed by atoms with Gasteiger partial charge in [-0.2, -0.15) is 0 Å². The first-order valence-corrected chi connectivity index (χ1v) is 11.2. The molecule has 3 unspecified atom stereocenters. The molecule has 2 aromatic rings. The lowest BCUT2D eigenvalue weighted by atomic mass is 9.98. The van der Waals surface area contributed by atoms with Crippen molar-refractivity contribution in [3.63, 3.8) is 0 Å². The molecule has 2 fully saturated rings. The first-order chi connectivity index (χ1) is 14.7. The van der Waals surface area contributed by atoms with E-state index in [1.54, 1.807) is 0 Å². The highest BCUT2D eigenvalue weighted by Crippen LogP contribution is 2.38. The number of allylic oxidation sites excluding steroid dienone is 2. The molecule has 6 heteroatoms. The van der Waals surface area contributed by atoms with Crippen molar-refractivity contribution in [1.29, 1.82) is 0 Å². The van der Waals surface area contributed by atoms with Crippen LogP contribution in [0.15, 0.2) is 66.9 Å². The van der Waals surface area contributed by atoms with Crippen LogP contribution in [0.2, 0.25) is 10.0 Å². The number of hydrogen-bond acceptors (Lipinski definition) is 4. The predicted octanol–water partition coefficient (Wildman–Crippen LogP) is 4.58. The fourth-order valence-electron chi connectivity index (χ4n) is 4.59. The Bertz CT molecular complexity index is 956. The van der Waals surface area contributed by atoms with Gasteiger partial charge in [-0.25, -0.2) is 0 Å². The second kappa shape index (κ2) is 8.74. The van der Waals surface area contributed by atoms with Crippen LogP contribution in [0.4, 0.5) is 0 Å². The van der Waals surface area contributed by atoms with E-state index >= 15 is 0 Å². The van der Waals surface area contributed by atoms with Crippen LogP contribution in [-0.2, 0) is 4.74 Å². The highest BCUT2D eigenvalue weighted by atomic mass is 35.5. The number of nitrogens with zero attached hydrogens (tertiary/aromatic N) is 2. The molecule has 0 spiro atoms. The maximum Gasteiger partial charge on any atom is 0.0994 e. The van der Waals surface area contributed by atoms with Gasteiger partial charge in [-0.3, -0.25) is 10.2 Å². The second-order valence-electron chi connectivity index (χ2n) is 7.99. The molecule has 0 saturated carbocycles. The van der Waals surface area contributed by atoms with Gasteiger partial charge in [-0.15, -0.1) is 0 Å². The van der Waals surface area contributed by atoms with E-state index in [2.05, 4.69) is 69.9 Å². The normalized spacial score (nSPS) is 26.5. The molecular weight excluding hydrogens is 417 g/mol. The van der Waals surface area contributed by atoms with Gasteiger partial charge >= 0.3 is 0 Å². The lowest BCUT2D eigenvalue weighted by Gasteiger charge is -2.36. The zero-order valence-corrected chi connectivity index (χ0v) is 18.2. The topological polar surface area (TPSA) is 27.7 Å². The molecule has 0 aliphatic carbocycles. The van der Waals surface area contributed by atoms with E-state index in [0.717, 1.165) is 38.4 Å². The van der Waals surface area contributed by atoms with E-state index in [0.29, 0.717) is 10.0 Å². The minimum absolute atomic E-state index is 0.110. The fourth-order valence-corrected chi connectivity index (χ4v) is 5.12. The maximum absolute atomic E-state index is 6.63. The van der Waals surface area contributed by atoms with Gasteiger partial charge in [0.25, 0.3) is 0 Å². The minimum atomic E-state index is 0.110. The van der Waals surface area contributed by atoms with Crippen LogP contribution in [0.5, 0.6) is 0 Å². The van der Waals surface area contributed by atoms with E-state index in [9.17, 15) is 0 Å². The largest absolute Gasteiger partial charge is 0.379 e. The lowest BCUT2D eigenvalue weighted by Crippen LogP contribution is -2.46. The Morgan fingerprint density at radius 2 is 1.83 bits per heavy atom. The molecule has 0 bridgehead atoms. The van der Waals surface area contributed by atoms with Gasteiger partial charge in [0.2, 0.25) is 0 Å². The third-order valence-corrected chi connectivity index (χ3v) is 6.70. The molecule has 5 rings (SSSR count). The van der Waals surface area contributed by atoms with Gasteiger partial charge in [-0.1, -0.05) is 65.7 Å². The zero-order valence-electron chi connectivity index (χ0n) is 16.7. The predicted molar refractivity (Wildman–Crippen MR) is 123 cm³/mol. The zero-order chi connectivity index (χ0) is 20.5. The van der Waals surface area contributed by atoms with Gasteiger partial charge in [0.05, 0.1) is 31.5 Å². The van der Waals surface area contributed by atoms with Crippen molar-refractivity contribution in [2.75, 3.05) is 32.8 Å². The summed E-state index contributed by atoms with van der Waals surface area (Å²) >= 11 is 12.8. The number of nitrogens with one attached hydrogen (secondary N) is 1. The molecular formula is C24H25Cl2N3O. The molecule has 1 N–H and O–H groups in total. The quantitative estimate of drug-likeness (QED) is 0.751. The minimum Gasteiger partial charge on any atom is -0.379 e. The van der Waals surface area contributed by atoms with Gasteiger partial charge in [-0.05, 0) is 34.9 Å². The van der Waals surface area contributed by atoms with Crippen LogP contribution in [-0.4, -0.2) is 54.9 Å². The smallest absolute Gasteiger partial charge is 0.0994 e. The van der Waals surface area contributed by atoms with Gasteiger partial charge < -0.3 is 9.64 Å². The fraction of sp³-hybridized carbons (Fsp3) is 0.333. The Balaban J connectivity index is 1.49. The monoisotopic (exact) mass is 441 g/mol.